The summed E-state index contributed by atoms with van der Waals surface area (Å²) in [6, 6.07) is 2.93. The zero-order chi connectivity index (χ0) is 19.8. The van der Waals surface area contributed by atoms with Crippen LogP contribution in [-0.4, -0.2) is 46.1 Å². The molecule has 0 aromatic carbocycles. The number of rotatable bonds is 3. The molecule has 2 heterocycles. The fourth-order valence-electron chi connectivity index (χ4n) is 2.60. The molecule has 0 fully saturated rings. The van der Waals surface area contributed by atoms with Gasteiger partial charge in [-0.1, -0.05) is 11.6 Å². The summed E-state index contributed by atoms with van der Waals surface area (Å²) in [6.07, 6.45) is -1.43. The van der Waals surface area contributed by atoms with Crippen LogP contribution < -0.4 is 10.6 Å². The van der Waals surface area contributed by atoms with Crippen LogP contribution >= 0.6 is 23.2 Å². The fraction of sp³-hybridized carbons (Fsp3) is 0.400. The van der Waals surface area contributed by atoms with Crippen molar-refractivity contribution in [1.82, 2.24) is 15.6 Å². The van der Waals surface area contributed by atoms with E-state index in [1.807, 2.05) is 0 Å². The number of esters is 1. The molecule has 2 N–H and O–H groups in total. The number of hydrogen-bond acceptors (Lipinski definition) is 5. The van der Waals surface area contributed by atoms with Crippen LogP contribution in [0, 0.1) is 0 Å². The summed E-state index contributed by atoms with van der Waals surface area (Å²) in [7, 11) is 0.789. The predicted octanol–water partition coefficient (Wildman–Crippen LogP) is 2.18. The maximum atomic E-state index is 14.0. The van der Waals surface area contributed by atoms with E-state index in [2.05, 4.69) is 20.4 Å². The van der Waals surface area contributed by atoms with Gasteiger partial charge in [-0.3, -0.25) is 9.78 Å². The first kappa shape index (κ1) is 20.3. The highest BCUT2D eigenvalue weighted by Gasteiger charge is 2.72. The average molecular weight is 412 g/mol. The van der Waals surface area contributed by atoms with E-state index in [0.717, 1.165) is 20.1 Å². The first-order chi connectivity index (χ1) is 12.0. The van der Waals surface area contributed by atoms with E-state index >= 15 is 0 Å². The number of alkyl halides is 5. The van der Waals surface area contributed by atoms with Gasteiger partial charge in [-0.2, -0.15) is 13.2 Å². The molecule has 0 aliphatic carbocycles. The minimum Gasteiger partial charge on any atom is -0.467 e. The molecule has 1 amide bonds. The lowest BCUT2D eigenvalue weighted by Crippen LogP contribution is -2.75. The molecule has 2 rings (SSSR count). The number of aromatic nitrogens is 1. The largest absolute Gasteiger partial charge is 0.467 e. The lowest BCUT2D eigenvalue weighted by Gasteiger charge is -2.47. The molecule has 11 heteroatoms. The molecule has 3 unspecified atom stereocenters. The normalized spacial score (nSPS) is 28.6. The average Bonchev–Trinajstić information content (AvgIpc) is 2.55. The third-order valence-corrected chi connectivity index (χ3v) is 4.93. The molecular weight excluding hydrogens is 398 g/mol. The summed E-state index contributed by atoms with van der Waals surface area (Å²) in [5.74, 6) is -2.44. The van der Waals surface area contributed by atoms with Gasteiger partial charge in [0.15, 0.2) is 5.00 Å². The zero-order valence-corrected chi connectivity index (χ0v) is 15.0. The minimum atomic E-state index is -5.20. The molecule has 1 aliphatic rings. The van der Waals surface area contributed by atoms with Crippen LogP contribution in [0.25, 0.3) is 5.70 Å². The molecule has 0 spiro atoms. The molecule has 0 saturated heterocycles. The van der Waals surface area contributed by atoms with Crippen molar-refractivity contribution in [3.05, 3.63) is 36.2 Å². The molecular formula is C15H14Cl2F3N3O3. The molecule has 0 saturated carbocycles. The van der Waals surface area contributed by atoms with Crippen molar-refractivity contribution in [2.45, 2.75) is 29.0 Å². The van der Waals surface area contributed by atoms with Gasteiger partial charge in [0, 0.05) is 30.6 Å². The van der Waals surface area contributed by atoms with E-state index in [9.17, 15) is 22.8 Å². The van der Waals surface area contributed by atoms with Crippen molar-refractivity contribution in [2.24, 2.45) is 0 Å². The van der Waals surface area contributed by atoms with Gasteiger partial charge in [0.25, 0.3) is 5.54 Å². The number of halogens is 5. The second-order valence-corrected chi connectivity index (χ2v) is 6.60. The molecule has 1 aliphatic heterocycles. The van der Waals surface area contributed by atoms with E-state index < -0.39 is 34.0 Å². The number of ether oxygens (including phenoxy) is 1. The summed E-state index contributed by atoms with van der Waals surface area (Å²) in [6.45, 7) is 1.06. The number of methoxy groups -OCH3 is 1. The van der Waals surface area contributed by atoms with Crippen molar-refractivity contribution < 1.29 is 27.5 Å². The van der Waals surface area contributed by atoms with Crippen molar-refractivity contribution in [3.63, 3.8) is 0 Å². The quantitative estimate of drug-likeness (QED) is 0.452. The number of carbonyl (C=O) groups excluding carboxylic acids is 2. The molecule has 0 bridgehead atoms. The first-order valence-corrected chi connectivity index (χ1v) is 7.97. The highest BCUT2D eigenvalue weighted by Crippen LogP contribution is 2.47. The number of nitrogens with one attached hydrogen (secondary N) is 2. The van der Waals surface area contributed by atoms with Crippen molar-refractivity contribution >= 4 is 40.8 Å². The Morgan fingerprint density at radius 2 is 2.08 bits per heavy atom. The highest BCUT2D eigenvalue weighted by atomic mass is 35.5. The second-order valence-electron chi connectivity index (χ2n) is 5.53. The standard InChI is InChI=1S/C15H14Cl2F3N3O3/c1-8(24)22-13(17)6-10(9-4-3-5-21-7-9)23-14(11(13)16,12(25)26-2)15(18,19)20/h3-7,11,23H,1-2H3,(H,22,24). The Kier molecular flexibility index (Phi) is 5.44. The van der Waals surface area contributed by atoms with Crippen molar-refractivity contribution in [2.75, 3.05) is 7.11 Å². The zero-order valence-electron chi connectivity index (χ0n) is 13.5. The maximum Gasteiger partial charge on any atom is 0.424 e. The number of hydrogen-bond donors (Lipinski definition) is 2. The van der Waals surface area contributed by atoms with Gasteiger partial charge >= 0.3 is 12.1 Å². The monoisotopic (exact) mass is 411 g/mol. The summed E-state index contributed by atoms with van der Waals surface area (Å²) in [5.41, 5.74) is -3.40. The lowest BCUT2D eigenvalue weighted by atomic mass is 9.83. The van der Waals surface area contributed by atoms with E-state index in [4.69, 9.17) is 23.2 Å². The Bertz CT molecular complexity index is 745. The van der Waals surface area contributed by atoms with Gasteiger partial charge in [0.1, 0.15) is 5.38 Å². The topological polar surface area (TPSA) is 80.3 Å². The van der Waals surface area contributed by atoms with Crippen molar-refractivity contribution in [3.8, 4) is 0 Å². The van der Waals surface area contributed by atoms with Crippen LogP contribution in [0.15, 0.2) is 30.6 Å². The molecule has 0 radical (unpaired) electrons. The lowest BCUT2D eigenvalue weighted by molar-refractivity contribution is -0.211. The Labute approximate surface area is 156 Å². The molecule has 1 aromatic rings. The van der Waals surface area contributed by atoms with Crippen molar-refractivity contribution in [1.29, 1.82) is 0 Å². The Morgan fingerprint density at radius 1 is 1.42 bits per heavy atom. The first-order valence-electron chi connectivity index (χ1n) is 7.16. The maximum absolute atomic E-state index is 14.0. The van der Waals surface area contributed by atoms with Gasteiger partial charge < -0.3 is 15.4 Å². The highest BCUT2D eigenvalue weighted by molar-refractivity contribution is 6.36. The third kappa shape index (κ3) is 3.33. The summed E-state index contributed by atoms with van der Waals surface area (Å²) >= 11 is 12.3. The van der Waals surface area contributed by atoms with E-state index in [1.54, 1.807) is 0 Å². The summed E-state index contributed by atoms with van der Waals surface area (Å²) < 4.78 is 46.3. The number of pyridine rings is 1. The van der Waals surface area contributed by atoms with E-state index in [0.29, 0.717) is 0 Å². The Hall–Kier alpha value is -2.00. The second kappa shape index (κ2) is 6.96. The Morgan fingerprint density at radius 3 is 2.54 bits per heavy atom. The fourth-order valence-corrected chi connectivity index (χ4v) is 3.39. The van der Waals surface area contributed by atoms with Crippen LogP contribution in [0.4, 0.5) is 13.2 Å². The SMILES string of the molecule is COC(=O)C1(C(F)(F)F)NC(c2cccnc2)=CC(Cl)(NC(C)=O)C1Cl. The number of carbonyl (C=O) groups is 2. The molecule has 1 aromatic heterocycles. The van der Waals surface area contributed by atoms with Gasteiger partial charge in [-0.15, -0.1) is 11.6 Å². The van der Waals surface area contributed by atoms with Gasteiger partial charge in [0.05, 0.1) is 7.11 Å². The molecule has 26 heavy (non-hydrogen) atoms. The molecule has 142 valence electrons. The van der Waals surface area contributed by atoms with Crippen LogP contribution in [0.1, 0.15) is 12.5 Å². The third-order valence-electron chi connectivity index (χ3n) is 3.73. The van der Waals surface area contributed by atoms with E-state index in [-0.39, 0.29) is 11.3 Å². The van der Waals surface area contributed by atoms with Crippen LogP contribution in [0.3, 0.4) is 0 Å². The summed E-state index contributed by atoms with van der Waals surface area (Å²) in [5, 5.41) is 2.11. The number of amides is 1. The van der Waals surface area contributed by atoms with E-state index in [1.165, 1.54) is 24.5 Å². The summed E-state index contributed by atoms with van der Waals surface area (Å²) in [4.78, 5) is 25.3. The van der Waals surface area contributed by atoms with Crippen LogP contribution in [0.2, 0.25) is 0 Å². The van der Waals surface area contributed by atoms with Gasteiger partial charge in [-0.05, 0) is 18.2 Å². The van der Waals surface area contributed by atoms with Crippen LogP contribution in [-0.2, 0) is 14.3 Å². The molecule has 6 nitrogen and oxygen atoms in total. The predicted molar refractivity (Wildman–Crippen MR) is 88.2 cm³/mol. The van der Waals surface area contributed by atoms with Gasteiger partial charge in [0.2, 0.25) is 5.91 Å². The van der Waals surface area contributed by atoms with Crippen LogP contribution in [0.5, 0.6) is 0 Å². The Balaban J connectivity index is 2.74. The minimum absolute atomic E-state index is 0.193. The smallest absolute Gasteiger partial charge is 0.424 e. The number of nitrogens with zero attached hydrogens (tertiary/aromatic N) is 1. The molecule has 3 atom stereocenters. The van der Waals surface area contributed by atoms with Gasteiger partial charge in [-0.25, -0.2) is 4.79 Å².